The fourth-order valence-corrected chi connectivity index (χ4v) is 2.93. The number of hydrogen-bond acceptors (Lipinski definition) is 3. The Labute approximate surface area is 128 Å². The van der Waals surface area contributed by atoms with E-state index in [1.165, 1.54) is 0 Å². The smallest absolute Gasteiger partial charge is 0.0874 e. The average Bonchev–Trinajstić information content (AvgIpc) is 2.38. The maximum atomic E-state index is 6.18. The summed E-state index contributed by atoms with van der Waals surface area (Å²) in [5.74, 6) is 0. The molecule has 1 saturated heterocycles. The molecule has 19 heavy (non-hydrogen) atoms. The Hall–Kier alpha value is -0.290. The van der Waals surface area contributed by atoms with E-state index < -0.39 is 0 Å². The molecule has 1 aliphatic heterocycles. The van der Waals surface area contributed by atoms with Crippen LogP contribution in [0.15, 0.2) is 22.7 Å². The summed E-state index contributed by atoms with van der Waals surface area (Å²) in [6, 6.07) is 6.43. The average molecular weight is 348 g/mol. The predicted molar refractivity (Wildman–Crippen MR) is 84.1 cm³/mol. The van der Waals surface area contributed by atoms with Crippen molar-refractivity contribution in [3.63, 3.8) is 0 Å². The van der Waals surface area contributed by atoms with E-state index in [1.807, 2.05) is 18.2 Å². The Balaban J connectivity index is 1.88. The van der Waals surface area contributed by atoms with Crippen LogP contribution < -0.4 is 5.32 Å². The molecular formula is C14H20BrClN2O. The molecule has 0 bridgehead atoms. The molecule has 1 aromatic rings. The quantitative estimate of drug-likeness (QED) is 0.900. The zero-order chi connectivity index (χ0) is 13.8. The van der Waals surface area contributed by atoms with E-state index in [9.17, 15) is 0 Å². The number of anilines is 1. The van der Waals surface area contributed by atoms with Crippen LogP contribution in [0.5, 0.6) is 0 Å². The third-order valence-electron chi connectivity index (χ3n) is 3.35. The van der Waals surface area contributed by atoms with E-state index in [1.54, 1.807) is 0 Å². The first-order valence-electron chi connectivity index (χ1n) is 6.61. The van der Waals surface area contributed by atoms with Crippen LogP contribution >= 0.6 is 27.5 Å². The van der Waals surface area contributed by atoms with Crippen molar-refractivity contribution in [2.24, 2.45) is 0 Å². The highest BCUT2D eigenvalue weighted by molar-refractivity contribution is 9.10. The van der Waals surface area contributed by atoms with Crippen molar-refractivity contribution in [2.75, 3.05) is 31.6 Å². The van der Waals surface area contributed by atoms with Gasteiger partial charge in [-0.1, -0.05) is 27.5 Å². The van der Waals surface area contributed by atoms with Gasteiger partial charge >= 0.3 is 0 Å². The summed E-state index contributed by atoms with van der Waals surface area (Å²) in [6.45, 7) is 8.03. The minimum atomic E-state index is 0.218. The van der Waals surface area contributed by atoms with Gasteiger partial charge in [-0.25, -0.2) is 0 Å². The van der Waals surface area contributed by atoms with Gasteiger partial charge in [-0.3, -0.25) is 4.90 Å². The van der Waals surface area contributed by atoms with Crippen molar-refractivity contribution in [1.29, 1.82) is 0 Å². The van der Waals surface area contributed by atoms with Crippen molar-refractivity contribution in [3.8, 4) is 0 Å². The second-order valence-corrected chi connectivity index (χ2v) is 6.41. The predicted octanol–water partition coefficient (Wildman–Crippen LogP) is 3.62. The van der Waals surface area contributed by atoms with Gasteiger partial charge in [0.1, 0.15) is 0 Å². The lowest BCUT2D eigenvalue weighted by atomic mass is 10.2. The fraction of sp³-hybridized carbons (Fsp3) is 0.571. The minimum absolute atomic E-state index is 0.218. The second kappa shape index (κ2) is 6.93. The summed E-state index contributed by atoms with van der Waals surface area (Å²) in [5.41, 5.74) is 0.954. The lowest BCUT2D eigenvalue weighted by Crippen LogP contribution is -2.48. The van der Waals surface area contributed by atoms with Crippen molar-refractivity contribution >= 4 is 33.2 Å². The Morgan fingerprint density at radius 1 is 1.53 bits per heavy atom. The van der Waals surface area contributed by atoms with Crippen molar-refractivity contribution < 1.29 is 4.74 Å². The van der Waals surface area contributed by atoms with Crippen molar-refractivity contribution in [3.05, 3.63) is 27.7 Å². The molecule has 1 aliphatic rings. The standard InChI is InChI=1S/C14H20BrClN2O/c1-10(2)18-5-6-19-12(9-18)8-17-14-4-3-11(15)7-13(14)16/h3-4,7,10,12,17H,5-6,8-9H2,1-2H3. The lowest BCUT2D eigenvalue weighted by Gasteiger charge is -2.35. The number of morpholine rings is 1. The van der Waals surface area contributed by atoms with Gasteiger partial charge in [0.25, 0.3) is 0 Å². The zero-order valence-corrected chi connectivity index (χ0v) is 13.7. The molecule has 2 rings (SSSR count). The van der Waals surface area contributed by atoms with E-state index in [4.69, 9.17) is 16.3 Å². The molecule has 1 heterocycles. The molecule has 0 aromatic heterocycles. The molecule has 0 aliphatic carbocycles. The molecule has 0 saturated carbocycles. The number of hydrogen-bond donors (Lipinski definition) is 1. The summed E-state index contributed by atoms with van der Waals surface area (Å²) in [5, 5.41) is 4.09. The third-order valence-corrected chi connectivity index (χ3v) is 4.16. The van der Waals surface area contributed by atoms with Crippen LogP contribution in [0.2, 0.25) is 5.02 Å². The SMILES string of the molecule is CC(C)N1CCOC(CNc2ccc(Br)cc2Cl)C1. The van der Waals surface area contributed by atoms with Gasteiger partial charge in [-0.2, -0.15) is 0 Å². The van der Waals surface area contributed by atoms with Gasteiger partial charge in [0, 0.05) is 30.1 Å². The van der Waals surface area contributed by atoms with Crippen LogP contribution in [0, 0.1) is 0 Å². The van der Waals surface area contributed by atoms with Gasteiger partial charge in [-0.15, -0.1) is 0 Å². The highest BCUT2D eigenvalue weighted by Gasteiger charge is 2.22. The third kappa shape index (κ3) is 4.35. The van der Waals surface area contributed by atoms with Crippen LogP contribution in [0.3, 0.4) is 0 Å². The normalized spacial score (nSPS) is 20.8. The Kier molecular flexibility index (Phi) is 5.51. The van der Waals surface area contributed by atoms with Gasteiger partial charge < -0.3 is 10.1 Å². The Bertz CT molecular complexity index is 428. The maximum absolute atomic E-state index is 6.18. The molecule has 5 heteroatoms. The number of halogens is 2. The molecule has 106 valence electrons. The van der Waals surface area contributed by atoms with E-state index in [0.717, 1.165) is 41.4 Å². The fourth-order valence-electron chi connectivity index (χ4n) is 2.19. The number of ether oxygens (including phenoxy) is 1. The first kappa shape index (κ1) is 15.1. The highest BCUT2D eigenvalue weighted by atomic mass is 79.9. The molecule has 0 spiro atoms. The molecule has 1 aromatic carbocycles. The van der Waals surface area contributed by atoms with Gasteiger partial charge in [0.2, 0.25) is 0 Å². The van der Waals surface area contributed by atoms with Gasteiger partial charge in [0.05, 0.1) is 23.4 Å². The summed E-state index contributed by atoms with van der Waals surface area (Å²) in [4.78, 5) is 2.44. The summed E-state index contributed by atoms with van der Waals surface area (Å²) in [6.07, 6.45) is 0.218. The Morgan fingerprint density at radius 3 is 3.00 bits per heavy atom. The number of nitrogens with one attached hydrogen (secondary N) is 1. The molecular weight excluding hydrogens is 328 g/mol. The molecule has 0 amide bonds. The number of benzene rings is 1. The van der Waals surface area contributed by atoms with E-state index in [-0.39, 0.29) is 6.10 Å². The monoisotopic (exact) mass is 346 g/mol. The van der Waals surface area contributed by atoms with Crippen molar-refractivity contribution in [2.45, 2.75) is 26.0 Å². The van der Waals surface area contributed by atoms with Crippen LogP contribution in [0.25, 0.3) is 0 Å². The first-order chi connectivity index (χ1) is 9.06. The number of rotatable bonds is 4. The van der Waals surface area contributed by atoms with Crippen LogP contribution in [0.1, 0.15) is 13.8 Å². The Morgan fingerprint density at radius 2 is 2.32 bits per heavy atom. The van der Waals surface area contributed by atoms with E-state index >= 15 is 0 Å². The van der Waals surface area contributed by atoms with Crippen molar-refractivity contribution in [1.82, 2.24) is 4.90 Å². The van der Waals surface area contributed by atoms with Gasteiger partial charge in [-0.05, 0) is 32.0 Å². The molecule has 0 radical (unpaired) electrons. The summed E-state index contributed by atoms with van der Waals surface area (Å²) in [7, 11) is 0. The van der Waals surface area contributed by atoms with Crippen LogP contribution in [-0.4, -0.2) is 43.3 Å². The second-order valence-electron chi connectivity index (χ2n) is 5.09. The summed E-state index contributed by atoms with van der Waals surface area (Å²) >= 11 is 9.59. The summed E-state index contributed by atoms with van der Waals surface area (Å²) < 4.78 is 6.78. The van der Waals surface area contributed by atoms with Crippen LogP contribution in [-0.2, 0) is 4.74 Å². The lowest BCUT2D eigenvalue weighted by molar-refractivity contribution is -0.0315. The zero-order valence-electron chi connectivity index (χ0n) is 11.3. The van der Waals surface area contributed by atoms with Gasteiger partial charge in [0.15, 0.2) is 0 Å². The topological polar surface area (TPSA) is 24.5 Å². The highest BCUT2D eigenvalue weighted by Crippen LogP contribution is 2.25. The molecule has 3 nitrogen and oxygen atoms in total. The van der Waals surface area contributed by atoms with E-state index in [0.29, 0.717) is 6.04 Å². The molecule has 1 unspecified atom stereocenters. The largest absolute Gasteiger partial charge is 0.381 e. The van der Waals surface area contributed by atoms with E-state index in [2.05, 4.69) is 40.0 Å². The number of nitrogens with zero attached hydrogens (tertiary/aromatic N) is 1. The molecule has 1 N–H and O–H groups in total. The maximum Gasteiger partial charge on any atom is 0.0874 e. The first-order valence-corrected chi connectivity index (χ1v) is 7.78. The van der Waals surface area contributed by atoms with Crippen LogP contribution in [0.4, 0.5) is 5.69 Å². The molecule has 1 atom stereocenters. The minimum Gasteiger partial charge on any atom is -0.381 e. The molecule has 1 fully saturated rings.